The van der Waals surface area contributed by atoms with Gasteiger partial charge < -0.3 is 19.2 Å². The van der Waals surface area contributed by atoms with E-state index in [1.54, 1.807) is 0 Å². The number of likely N-dealkylation sites (tertiary alicyclic amines) is 1. The van der Waals surface area contributed by atoms with E-state index >= 15 is 0 Å². The Bertz CT molecular complexity index is 1380. The summed E-state index contributed by atoms with van der Waals surface area (Å²) in [7, 11) is 0. The summed E-state index contributed by atoms with van der Waals surface area (Å²) in [6.07, 6.45) is 7.94. The van der Waals surface area contributed by atoms with Gasteiger partial charge in [-0.25, -0.2) is 4.79 Å². The van der Waals surface area contributed by atoms with Crippen LogP contribution < -0.4 is 10.4 Å². The maximum absolute atomic E-state index is 13.7. The molecule has 6 heteroatoms. The van der Waals surface area contributed by atoms with Gasteiger partial charge in [0, 0.05) is 18.0 Å². The number of hydrogen-bond acceptors (Lipinski definition) is 5. The summed E-state index contributed by atoms with van der Waals surface area (Å²) in [4.78, 5) is 28.3. The third-order valence-corrected chi connectivity index (χ3v) is 8.81. The van der Waals surface area contributed by atoms with Crippen LogP contribution in [0.3, 0.4) is 0 Å². The fourth-order valence-electron chi connectivity index (χ4n) is 7.03. The van der Waals surface area contributed by atoms with E-state index in [9.17, 15) is 14.7 Å². The number of amides is 1. The molecule has 2 aliphatic carbocycles. The van der Waals surface area contributed by atoms with Gasteiger partial charge in [-0.1, -0.05) is 43.2 Å². The molecule has 3 aromatic rings. The molecule has 6 nitrogen and oxygen atoms in total. The first-order valence-corrected chi connectivity index (χ1v) is 13.7. The Hall–Kier alpha value is -3.12. The second kappa shape index (κ2) is 9.64. The zero-order chi connectivity index (χ0) is 25.6. The van der Waals surface area contributed by atoms with E-state index < -0.39 is 5.60 Å². The molecule has 0 bridgehead atoms. The summed E-state index contributed by atoms with van der Waals surface area (Å²) in [5.41, 5.74) is 3.29. The van der Waals surface area contributed by atoms with E-state index in [1.807, 2.05) is 42.2 Å². The maximum Gasteiger partial charge on any atom is 0.339 e. The van der Waals surface area contributed by atoms with Crippen LogP contribution in [0.2, 0.25) is 0 Å². The highest BCUT2D eigenvalue weighted by Gasteiger charge is 2.50. The van der Waals surface area contributed by atoms with Gasteiger partial charge in [0.1, 0.15) is 11.3 Å². The maximum atomic E-state index is 13.7. The fraction of sp³-hybridized carbons (Fsp3) is 0.484. The molecular weight excluding hydrogens is 466 g/mol. The SMILES string of the molecule is Cc1cc(OCC(=O)N2CCC3(O)CCCCC3[C@@H]2c2ccccc2)c2c3c(c(=O)oc2c1)CCCC3. The van der Waals surface area contributed by atoms with Crippen LogP contribution >= 0.6 is 0 Å². The third-order valence-electron chi connectivity index (χ3n) is 8.81. The van der Waals surface area contributed by atoms with Crippen molar-refractivity contribution >= 4 is 16.9 Å². The first-order chi connectivity index (χ1) is 17.9. The highest BCUT2D eigenvalue weighted by atomic mass is 16.5. The molecule has 1 saturated heterocycles. The molecule has 1 amide bonds. The molecule has 0 radical (unpaired) electrons. The molecule has 0 spiro atoms. The van der Waals surface area contributed by atoms with Crippen molar-refractivity contribution in [1.82, 2.24) is 4.90 Å². The molecule has 2 heterocycles. The smallest absolute Gasteiger partial charge is 0.339 e. The molecular formula is C31H35NO5. The van der Waals surface area contributed by atoms with Crippen molar-refractivity contribution in [2.75, 3.05) is 13.2 Å². The molecule has 2 aromatic carbocycles. The Balaban J connectivity index is 1.32. The number of ether oxygens (including phenoxy) is 1. The average Bonchev–Trinajstić information content (AvgIpc) is 2.91. The van der Waals surface area contributed by atoms with Crippen LogP contribution in [-0.2, 0) is 17.6 Å². The predicted molar refractivity (Wildman–Crippen MR) is 142 cm³/mol. The molecule has 1 aromatic heterocycles. The van der Waals surface area contributed by atoms with Crippen LogP contribution in [-0.4, -0.2) is 34.7 Å². The Morgan fingerprint density at radius 1 is 1.08 bits per heavy atom. The second-order valence-electron chi connectivity index (χ2n) is 11.1. The Morgan fingerprint density at radius 2 is 1.86 bits per heavy atom. The van der Waals surface area contributed by atoms with Crippen LogP contribution in [0.25, 0.3) is 11.0 Å². The zero-order valence-electron chi connectivity index (χ0n) is 21.5. The van der Waals surface area contributed by atoms with Gasteiger partial charge >= 0.3 is 5.63 Å². The number of rotatable bonds is 4. The minimum absolute atomic E-state index is 0.0162. The molecule has 2 fully saturated rings. The fourth-order valence-corrected chi connectivity index (χ4v) is 7.03. The van der Waals surface area contributed by atoms with Gasteiger partial charge in [0.2, 0.25) is 0 Å². The van der Waals surface area contributed by atoms with Crippen molar-refractivity contribution in [3.63, 3.8) is 0 Å². The van der Waals surface area contributed by atoms with E-state index in [2.05, 4.69) is 12.1 Å². The van der Waals surface area contributed by atoms with Gasteiger partial charge in [0.15, 0.2) is 6.61 Å². The Morgan fingerprint density at radius 3 is 2.68 bits per heavy atom. The minimum Gasteiger partial charge on any atom is -0.483 e. The van der Waals surface area contributed by atoms with Crippen molar-refractivity contribution in [2.24, 2.45) is 5.92 Å². The molecule has 1 saturated carbocycles. The molecule has 6 rings (SSSR count). The molecule has 2 unspecified atom stereocenters. The van der Waals surface area contributed by atoms with Gasteiger partial charge in [-0.05, 0) is 80.7 Å². The topological polar surface area (TPSA) is 80.0 Å². The van der Waals surface area contributed by atoms with Gasteiger partial charge in [-0.15, -0.1) is 0 Å². The van der Waals surface area contributed by atoms with Crippen LogP contribution in [0.1, 0.15) is 73.2 Å². The molecule has 1 aliphatic heterocycles. The first kappa shape index (κ1) is 24.2. The van der Waals surface area contributed by atoms with Crippen LogP contribution in [0.15, 0.2) is 51.7 Å². The van der Waals surface area contributed by atoms with Crippen molar-refractivity contribution in [3.8, 4) is 5.75 Å². The highest BCUT2D eigenvalue weighted by Crippen LogP contribution is 2.49. The average molecular weight is 502 g/mol. The monoisotopic (exact) mass is 501 g/mol. The van der Waals surface area contributed by atoms with Gasteiger partial charge in [-0.3, -0.25) is 4.79 Å². The number of hydrogen-bond donors (Lipinski definition) is 1. The second-order valence-corrected chi connectivity index (χ2v) is 11.1. The van der Waals surface area contributed by atoms with E-state index in [4.69, 9.17) is 9.15 Å². The lowest BCUT2D eigenvalue weighted by Gasteiger charge is -2.52. The highest BCUT2D eigenvalue weighted by molar-refractivity contribution is 5.89. The molecule has 3 aliphatic rings. The van der Waals surface area contributed by atoms with Crippen molar-refractivity contribution in [2.45, 2.75) is 76.4 Å². The number of aryl methyl sites for hydroxylation is 2. The van der Waals surface area contributed by atoms with E-state index in [1.165, 1.54) is 0 Å². The Kier molecular flexibility index (Phi) is 6.31. The van der Waals surface area contributed by atoms with E-state index in [-0.39, 0.29) is 30.1 Å². The summed E-state index contributed by atoms with van der Waals surface area (Å²) in [5, 5.41) is 12.3. The lowest BCUT2D eigenvalue weighted by atomic mass is 9.66. The number of fused-ring (bicyclic) bond motifs is 4. The molecule has 3 atom stereocenters. The summed E-state index contributed by atoms with van der Waals surface area (Å²) in [6, 6.07) is 13.8. The van der Waals surface area contributed by atoms with Gasteiger partial charge in [-0.2, -0.15) is 0 Å². The van der Waals surface area contributed by atoms with Crippen molar-refractivity contribution in [3.05, 3.63) is 75.1 Å². The number of carbonyl (C=O) groups is 1. The molecule has 1 N–H and O–H groups in total. The lowest BCUT2D eigenvalue weighted by Crippen LogP contribution is -2.56. The predicted octanol–water partition coefficient (Wildman–Crippen LogP) is 5.25. The summed E-state index contributed by atoms with van der Waals surface area (Å²) in [5.74, 6) is 0.539. The van der Waals surface area contributed by atoms with Gasteiger partial charge in [0.05, 0.1) is 17.0 Å². The summed E-state index contributed by atoms with van der Waals surface area (Å²) in [6.45, 7) is 2.35. The van der Waals surface area contributed by atoms with Crippen molar-refractivity contribution in [1.29, 1.82) is 0 Å². The van der Waals surface area contributed by atoms with Crippen molar-refractivity contribution < 1.29 is 19.1 Å². The molecule has 194 valence electrons. The Labute approximate surface area is 217 Å². The number of aliphatic hydroxyl groups is 1. The minimum atomic E-state index is -0.722. The largest absolute Gasteiger partial charge is 0.483 e. The van der Waals surface area contributed by atoms with E-state index in [0.29, 0.717) is 24.3 Å². The third kappa shape index (κ3) is 4.35. The standard InChI is InChI=1S/C31H35NO5/c1-20-17-25(28-22-11-5-6-12-23(22)30(34)37-26(28)18-20)36-19-27(33)32-16-15-31(35)14-8-7-13-24(31)29(32)21-9-3-2-4-10-21/h2-4,9-10,17-18,24,29,35H,5-8,11-16,19H2,1H3/t24?,29-,31?/m0/s1. The summed E-state index contributed by atoms with van der Waals surface area (Å²) >= 11 is 0. The normalized spacial score (nSPS) is 25.4. The quantitative estimate of drug-likeness (QED) is 0.494. The number of carbonyl (C=O) groups excluding carboxylic acids is 1. The van der Waals surface area contributed by atoms with Crippen LogP contribution in [0.5, 0.6) is 5.75 Å². The number of piperidine rings is 1. The van der Waals surface area contributed by atoms with Gasteiger partial charge in [0.25, 0.3) is 5.91 Å². The van der Waals surface area contributed by atoms with Crippen LogP contribution in [0.4, 0.5) is 0 Å². The molecule has 37 heavy (non-hydrogen) atoms. The summed E-state index contributed by atoms with van der Waals surface area (Å²) < 4.78 is 11.9. The van der Waals surface area contributed by atoms with E-state index in [0.717, 1.165) is 79.0 Å². The number of benzene rings is 2. The zero-order valence-corrected chi connectivity index (χ0v) is 21.5. The number of nitrogens with zero attached hydrogens (tertiary/aromatic N) is 1. The lowest BCUT2D eigenvalue weighted by molar-refractivity contribution is -0.157. The first-order valence-electron chi connectivity index (χ1n) is 13.7. The van der Waals surface area contributed by atoms with Crippen LogP contribution in [0, 0.1) is 12.8 Å².